The van der Waals surface area contributed by atoms with Crippen LogP contribution in [0.25, 0.3) is 21.9 Å². The molecule has 2 aromatic heterocycles. The van der Waals surface area contributed by atoms with Gasteiger partial charge in [0.15, 0.2) is 0 Å². The molecule has 1 aliphatic heterocycles. The molecule has 0 atom stereocenters. The smallest absolute Gasteiger partial charge is 0.228 e. The maximum absolute atomic E-state index is 12.6. The lowest BCUT2D eigenvalue weighted by Crippen LogP contribution is -2.38. The molecule has 0 saturated carbocycles. The Balaban J connectivity index is 1.24. The molecule has 1 aliphatic rings. The van der Waals surface area contributed by atoms with Crippen LogP contribution < -0.4 is 5.32 Å². The van der Waals surface area contributed by atoms with Gasteiger partial charge < -0.3 is 19.0 Å². The largest absolute Gasteiger partial charge is 0.464 e. The quantitative estimate of drug-likeness (QED) is 0.511. The fourth-order valence-electron chi connectivity index (χ4n) is 4.25. The summed E-state index contributed by atoms with van der Waals surface area (Å²) in [4.78, 5) is 15.1. The first-order valence-corrected chi connectivity index (χ1v) is 10.8. The van der Waals surface area contributed by atoms with E-state index in [-0.39, 0.29) is 12.3 Å². The highest BCUT2D eigenvalue weighted by atomic mass is 16.5. The SMILES string of the molecule is Cc1ccc2c(CC(=O)Nc3ccc4c(ccn4CCN4CCOCC4)c3)coc2c1. The molecule has 160 valence electrons. The highest BCUT2D eigenvalue weighted by Gasteiger charge is 2.13. The summed E-state index contributed by atoms with van der Waals surface area (Å²) in [6, 6.07) is 14.3. The molecule has 3 heterocycles. The molecule has 1 amide bonds. The summed E-state index contributed by atoms with van der Waals surface area (Å²) in [5.41, 5.74) is 4.86. The van der Waals surface area contributed by atoms with E-state index in [1.165, 1.54) is 5.52 Å². The van der Waals surface area contributed by atoms with E-state index >= 15 is 0 Å². The van der Waals surface area contributed by atoms with Crippen molar-refractivity contribution in [3.05, 3.63) is 66.1 Å². The first-order chi connectivity index (χ1) is 15.2. The molecule has 6 nitrogen and oxygen atoms in total. The average Bonchev–Trinajstić information content (AvgIpc) is 3.36. The highest BCUT2D eigenvalue weighted by molar-refractivity contribution is 5.97. The van der Waals surface area contributed by atoms with Crippen LogP contribution in [0.4, 0.5) is 5.69 Å². The molecule has 5 rings (SSSR count). The summed E-state index contributed by atoms with van der Waals surface area (Å²) in [7, 11) is 0. The molecule has 1 N–H and O–H groups in total. The zero-order chi connectivity index (χ0) is 21.2. The third kappa shape index (κ3) is 4.36. The van der Waals surface area contributed by atoms with Gasteiger partial charge in [0.1, 0.15) is 5.58 Å². The molecule has 0 bridgehead atoms. The van der Waals surface area contributed by atoms with Crippen molar-refractivity contribution in [3.63, 3.8) is 0 Å². The van der Waals surface area contributed by atoms with Crippen molar-refractivity contribution in [1.29, 1.82) is 0 Å². The monoisotopic (exact) mass is 417 g/mol. The molecule has 0 unspecified atom stereocenters. The van der Waals surface area contributed by atoms with Crippen molar-refractivity contribution in [2.24, 2.45) is 0 Å². The Morgan fingerprint density at radius 2 is 1.94 bits per heavy atom. The molecule has 1 saturated heterocycles. The first kappa shape index (κ1) is 19.8. The van der Waals surface area contributed by atoms with Crippen LogP contribution in [0.2, 0.25) is 0 Å². The number of amides is 1. The minimum absolute atomic E-state index is 0.0469. The maximum Gasteiger partial charge on any atom is 0.228 e. The van der Waals surface area contributed by atoms with E-state index in [0.717, 1.165) is 72.6 Å². The van der Waals surface area contributed by atoms with Crippen LogP contribution in [-0.2, 0) is 22.5 Å². The lowest BCUT2D eigenvalue weighted by Gasteiger charge is -2.26. The second-order valence-electron chi connectivity index (χ2n) is 8.22. The Kier molecular flexibility index (Phi) is 5.49. The van der Waals surface area contributed by atoms with E-state index < -0.39 is 0 Å². The van der Waals surface area contributed by atoms with Crippen LogP contribution in [0, 0.1) is 6.92 Å². The maximum atomic E-state index is 12.6. The van der Waals surface area contributed by atoms with Crippen molar-refractivity contribution in [3.8, 4) is 0 Å². The van der Waals surface area contributed by atoms with E-state index in [2.05, 4.69) is 33.1 Å². The molecule has 0 spiro atoms. The van der Waals surface area contributed by atoms with Crippen molar-refractivity contribution < 1.29 is 13.9 Å². The molecule has 1 fully saturated rings. The van der Waals surface area contributed by atoms with Gasteiger partial charge in [-0.25, -0.2) is 0 Å². The molecular weight excluding hydrogens is 390 g/mol. The third-order valence-corrected chi connectivity index (χ3v) is 5.98. The highest BCUT2D eigenvalue weighted by Crippen LogP contribution is 2.24. The van der Waals surface area contributed by atoms with Crippen LogP contribution in [0.15, 0.2) is 59.3 Å². The van der Waals surface area contributed by atoms with Crippen molar-refractivity contribution in [2.45, 2.75) is 19.9 Å². The number of furan rings is 1. The zero-order valence-corrected chi connectivity index (χ0v) is 17.8. The number of aryl methyl sites for hydroxylation is 1. The van der Waals surface area contributed by atoms with Gasteiger partial charge >= 0.3 is 0 Å². The van der Waals surface area contributed by atoms with Gasteiger partial charge in [0.25, 0.3) is 0 Å². The van der Waals surface area contributed by atoms with E-state index in [0.29, 0.717) is 0 Å². The van der Waals surface area contributed by atoms with Gasteiger partial charge in [-0.2, -0.15) is 0 Å². The lowest BCUT2D eigenvalue weighted by atomic mass is 10.1. The van der Waals surface area contributed by atoms with Gasteiger partial charge in [-0.15, -0.1) is 0 Å². The number of hydrogen-bond donors (Lipinski definition) is 1. The van der Waals surface area contributed by atoms with Crippen molar-refractivity contribution in [1.82, 2.24) is 9.47 Å². The van der Waals surface area contributed by atoms with Crippen molar-refractivity contribution in [2.75, 3.05) is 38.2 Å². The standard InChI is InChI=1S/C25H27N3O3/c1-18-2-4-22-20(17-31-24(22)14-18)16-25(29)26-21-3-5-23-19(15-21)6-7-28(23)9-8-27-10-12-30-13-11-27/h2-7,14-15,17H,8-13,16H2,1H3,(H,26,29). The van der Waals surface area contributed by atoms with Crippen molar-refractivity contribution >= 4 is 33.5 Å². The predicted molar refractivity (Wildman–Crippen MR) is 122 cm³/mol. The van der Waals surface area contributed by atoms with E-state index in [1.54, 1.807) is 6.26 Å². The minimum Gasteiger partial charge on any atom is -0.464 e. The van der Waals surface area contributed by atoms with Gasteiger partial charge in [-0.3, -0.25) is 9.69 Å². The van der Waals surface area contributed by atoms with Gasteiger partial charge in [0.05, 0.1) is 25.9 Å². The second kappa shape index (κ2) is 8.57. The summed E-state index contributed by atoms with van der Waals surface area (Å²) in [6.45, 7) is 7.64. The zero-order valence-electron chi connectivity index (χ0n) is 17.8. The Hall–Kier alpha value is -3.09. The van der Waals surface area contributed by atoms with Crippen LogP contribution in [0.1, 0.15) is 11.1 Å². The Labute approximate surface area is 181 Å². The molecular formula is C25H27N3O3. The molecule has 0 aliphatic carbocycles. The summed E-state index contributed by atoms with van der Waals surface area (Å²) < 4.78 is 13.3. The Morgan fingerprint density at radius 1 is 1.06 bits per heavy atom. The number of rotatable bonds is 6. The summed E-state index contributed by atoms with van der Waals surface area (Å²) in [5.74, 6) is -0.0469. The molecule has 31 heavy (non-hydrogen) atoms. The average molecular weight is 418 g/mol. The number of morpholine rings is 1. The summed E-state index contributed by atoms with van der Waals surface area (Å²) in [5, 5.41) is 5.15. The topological polar surface area (TPSA) is 59.6 Å². The fraction of sp³-hybridized carbons (Fsp3) is 0.320. The number of ether oxygens (including phenoxy) is 1. The number of aromatic nitrogens is 1. The van der Waals surface area contributed by atoms with Gasteiger partial charge in [0.2, 0.25) is 5.91 Å². The number of carbonyl (C=O) groups is 1. The van der Waals surface area contributed by atoms with Crippen LogP contribution in [0.3, 0.4) is 0 Å². The van der Waals surface area contributed by atoms with E-state index in [1.807, 2.05) is 37.3 Å². The number of hydrogen-bond acceptors (Lipinski definition) is 4. The number of anilines is 1. The van der Waals surface area contributed by atoms with Gasteiger partial charge in [0, 0.05) is 59.9 Å². The predicted octanol–water partition coefficient (Wildman–Crippen LogP) is 4.21. The number of nitrogens with zero attached hydrogens (tertiary/aromatic N) is 2. The number of carbonyl (C=O) groups excluding carboxylic acids is 1. The van der Waals surface area contributed by atoms with Gasteiger partial charge in [-0.1, -0.05) is 12.1 Å². The number of nitrogens with one attached hydrogen (secondary N) is 1. The molecule has 6 heteroatoms. The molecule has 0 radical (unpaired) electrons. The van der Waals surface area contributed by atoms with Crippen LogP contribution in [0.5, 0.6) is 0 Å². The molecule has 2 aromatic carbocycles. The number of benzene rings is 2. The Morgan fingerprint density at radius 3 is 2.81 bits per heavy atom. The van der Waals surface area contributed by atoms with Gasteiger partial charge in [-0.05, 0) is 42.8 Å². The van der Waals surface area contributed by atoms with E-state index in [9.17, 15) is 4.79 Å². The minimum atomic E-state index is -0.0469. The van der Waals surface area contributed by atoms with E-state index in [4.69, 9.17) is 9.15 Å². The first-order valence-electron chi connectivity index (χ1n) is 10.8. The fourth-order valence-corrected chi connectivity index (χ4v) is 4.25. The summed E-state index contributed by atoms with van der Waals surface area (Å²) in [6.07, 6.45) is 4.09. The summed E-state index contributed by atoms with van der Waals surface area (Å²) >= 11 is 0. The van der Waals surface area contributed by atoms with Crippen LogP contribution in [-0.4, -0.2) is 48.2 Å². The molecule has 4 aromatic rings. The second-order valence-corrected chi connectivity index (χ2v) is 8.22. The van der Waals surface area contributed by atoms with Crippen LogP contribution >= 0.6 is 0 Å². The Bertz CT molecular complexity index is 1220. The lowest BCUT2D eigenvalue weighted by molar-refractivity contribution is -0.115. The normalized spacial score (nSPS) is 15.0. The number of fused-ring (bicyclic) bond motifs is 2. The third-order valence-electron chi connectivity index (χ3n) is 5.98.